The number of thiazole rings is 1. The second-order valence-electron chi connectivity index (χ2n) is 3.95. The number of nitrogens with zero attached hydrogens (tertiary/aromatic N) is 1. The zero-order valence-corrected chi connectivity index (χ0v) is 12.4. The van der Waals surface area contributed by atoms with Gasteiger partial charge < -0.3 is 0 Å². The zero-order chi connectivity index (χ0) is 15.4. The van der Waals surface area contributed by atoms with E-state index in [1.54, 1.807) is 5.38 Å². The lowest BCUT2D eigenvalue weighted by Gasteiger charge is -2.03. The molecule has 2 rings (SSSR count). The highest BCUT2D eigenvalue weighted by molar-refractivity contribution is 7.99. The van der Waals surface area contributed by atoms with Gasteiger partial charge >= 0.3 is 0 Å². The van der Waals surface area contributed by atoms with E-state index >= 15 is 0 Å². The zero-order valence-electron chi connectivity index (χ0n) is 10.8. The molecule has 0 bridgehead atoms. The Morgan fingerprint density at radius 1 is 1.29 bits per heavy atom. The van der Waals surface area contributed by atoms with Crippen LogP contribution in [0.5, 0.6) is 0 Å². The minimum atomic E-state index is -2.50. The number of aromatic nitrogens is 1. The number of thioether (sulfide) groups is 1. The summed E-state index contributed by atoms with van der Waals surface area (Å²) in [5.41, 5.74) is 0.618. The molecule has 1 amide bonds. The van der Waals surface area contributed by atoms with Crippen LogP contribution in [-0.2, 0) is 0 Å². The molecule has 0 aliphatic rings. The average molecular weight is 328 g/mol. The quantitative estimate of drug-likeness (QED) is 0.668. The minimum Gasteiger partial charge on any atom is -0.298 e. The van der Waals surface area contributed by atoms with Crippen LogP contribution >= 0.6 is 23.1 Å². The highest BCUT2D eigenvalue weighted by Crippen LogP contribution is 2.25. The van der Waals surface area contributed by atoms with Gasteiger partial charge in [0.2, 0.25) is 0 Å². The summed E-state index contributed by atoms with van der Waals surface area (Å²) in [6.45, 7) is 1.39. The maximum absolute atomic E-state index is 12.2. The second-order valence-corrected chi connectivity index (χ2v) is 5.87. The van der Waals surface area contributed by atoms with Crippen LogP contribution in [0.25, 0.3) is 0 Å². The van der Waals surface area contributed by atoms with E-state index in [4.69, 9.17) is 0 Å². The van der Waals surface area contributed by atoms with Gasteiger partial charge in [0, 0.05) is 22.8 Å². The number of rotatable bonds is 5. The van der Waals surface area contributed by atoms with Crippen molar-refractivity contribution in [1.29, 1.82) is 0 Å². The highest BCUT2D eigenvalue weighted by atomic mass is 32.2. The third-order valence-electron chi connectivity index (χ3n) is 2.43. The van der Waals surface area contributed by atoms with Gasteiger partial charge in [-0.2, -0.15) is 8.78 Å². The van der Waals surface area contributed by atoms with Gasteiger partial charge in [-0.3, -0.25) is 14.9 Å². The number of anilines is 1. The third-order valence-corrected chi connectivity index (χ3v) is 3.91. The first-order valence-electron chi connectivity index (χ1n) is 5.78. The van der Waals surface area contributed by atoms with Crippen molar-refractivity contribution in [2.45, 2.75) is 17.6 Å². The number of benzene rings is 1. The Labute approximate surface area is 127 Å². The van der Waals surface area contributed by atoms with Crippen molar-refractivity contribution in [3.8, 4) is 0 Å². The Bertz CT molecular complexity index is 656. The Morgan fingerprint density at radius 3 is 2.48 bits per heavy atom. The van der Waals surface area contributed by atoms with E-state index in [0.717, 1.165) is 11.3 Å². The number of nitrogens with one attached hydrogen (secondary N) is 1. The van der Waals surface area contributed by atoms with Gasteiger partial charge in [0.05, 0.1) is 0 Å². The van der Waals surface area contributed by atoms with Gasteiger partial charge in [-0.15, -0.1) is 11.3 Å². The van der Waals surface area contributed by atoms with Gasteiger partial charge in [-0.25, -0.2) is 4.98 Å². The molecule has 110 valence electrons. The average Bonchev–Trinajstić information content (AvgIpc) is 2.87. The van der Waals surface area contributed by atoms with Gasteiger partial charge in [0.15, 0.2) is 10.9 Å². The van der Waals surface area contributed by atoms with Crippen LogP contribution in [0, 0.1) is 0 Å². The van der Waals surface area contributed by atoms with Gasteiger partial charge in [-0.1, -0.05) is 11.8 Å². The van der Waals surface area contributed by atoms with E-state index in [2.05, 4.69) is 10.3 Å². The summed E-state index contributed by atoms with van der Waals surface area (Å²) in [6.07, 6.45) is 0. The van der Waals surface area contributed by atoms with Crippen LogP contribution in [0.15, 0.2) is 34.5 Å². The van der Waals surface area contributed by atoms with Crippen molar-refractivity contribution < 1.29 is 18.4 Å². The fourth-order valence-electron chi connectivity index (χ4n) is 1.45. The van der Waals surface area contributed by atoms with Gasteiger partial charge in [-0.05, 0) is 24.3 Å². The molecule has 0 radical (unpaired) electrons. The maximum Gasteiger partial charge on any atom is 0.288 e. The summed E-state index contributed by atoms with van der Waals surface area (Å²) in [5.74, 6) is -3.09. The molecule has 8 heteroatoms. The number of hydrogen-bond donors (Lipinski definition) is 1. The smallest absolute Gasteiger partial charge is 0.288 e. The lowest BCUT2D eigenvalue weighted by atomic mass is 10.2. The van der Waals surface area contributed by atoms with Crippen molar-refractivity contribution in [2.75, 3.05) is 5.32 Å². The lowest BCUT2D eigenvalue weighted by Crippen LogP contribution is -2.11. The van der Waals surface area contributed by atoms with E-state index in [1.807, 2.05) is 0 Å². The minimum absolute atomic E-state index is 0.180. The van der Waals surface area contributed by atoms with E-state index in [1.165, 1.54) is 31.2 Å². The number of alkyl halides is 2. The fraction of sp³-hybridized carbons (Fsp3) is 0.154. The molecule has 21 heavy (non-hydrogen) atoms. The monoisotopic (exact) mass is 328 g/mol. The molecule has 2 aromatic rings. The predicted molar refractivity (Wildman–Crippen MR) is 78.4 cm³/mol. The molecule has 0 unspecified atom stereocenters. The van der Waals surface area contributed by atoms with Crippen LogP contribution in [0.3, 0.4) is 0 Å². The van der Waals surface area contributed by atoms with E-state index in [9.17, 15) is 18.4 Å². The molecule has 1 aromatic heterocycles. The summed E-state index contributed by atoms with van der Waals surface area (Å²) < 4.78 is 24.4. The van der Waals surface area contributed by atoms with Crippen LogP contribution in [0.1, 0.15) is 27.8 Å². The van der Waals surface area contributed by atoms with Crippen LogP contribution in [0.4, 0.5) is 13.9 Å². The number of carbonyl (C=O) groups is 2. The lowest BCUT2D eigenvalue weighted by molar-refractivity contribution is 0.100. The molecule has 4 nitrogen and oxygen atoms in total. The molecule has 1 aromatic carbocycles. The number of hydrogen-bond acceptors (Lipinski definition) is 5. The van der Waals surface area contributed by atoms with E-state index in [0.29, 0.717) is 33.0 Å². The predicted octanol–water partition coefficient (Wildman–Crippen LogP) is 3.91. The molecule has 0 saturated carbocycles. The second kappa shape index (κ2) is 6.77. The van der Waals surface area contributed by atoms with Crippen molar-refractivity contribution in [2.24, 2.45) is 0 Å². The van der Waals surface area contributed by atoms with E-state index < -0.39 is 11.7 Å². The van der Waals surface area contributed by atoms with Crippen LogP contribution < -0.4 is 5.32 Å². The van der Waals surface area contributed by atoms with Gasteiger partial charge in [0.1, 0.15) is 5.69 Å². The largest absolute Gasteiger partial charge is 0.298 e. The molecule has 0 aliphatic carbocycles. The molecule has 0 saturated heterocycles. The summed E-state index contributed by atoms with van der Waals surface area (Å²) in [5, 5.41) is 4.43. The molecule has 0 atom stereocenters. The summed E-state index contributed by atoms with van der Waals surface area (Å²) in [6, 6.07) is 5.82. The van der Waals surface area contributed by atoms with Crippen molar-refractivity contribution >= 4 is 39.9 Å². The topological polar surface area (TPSA) is 59.1 Å². The highest BCUT2D eigenvalue weighted by Gasteiger charge is 2.11. The summed E-state index contributed by atoms with van der Waals surface area (Å²) in [4.78, 5) is 27.4. The van der Waals surface area contributed by atoms with Crippen LogP contribution in [0.2, 0.25) is 0 Å². The molecule has 0 spiro atoms. The maximum atomic E-state index is 12.2. The number of ketones is 1. The Morgan fingerprint density at radius 2 is 1.95 bits per heavy atom. The standard InChI is InChI=1S/C13H10F2N2O2S2/c1-7(18)10-6-20-13(16-10)17-11(19)8-2-4-9(5-3-8)21-12(14)15/h2-6,12H,1H3,(H,16,17,19). The molecule has 0 fully saturated rings. The van der Waals surface area contributed by atoms with Crippen molar-refractivity contribution in [3.63, 3.8) is 0 Å². The number of halogens is 2. The fourth-order valence-corrected chi connectivity index (χ4v) is 2.69. The van der Waals surface area contributed by atoms with Crippen LogP contribution in [-0.4, -0.2) is 22.4 Å². The summed E-state index contributed by atoms with van der Waals surface area (Å²) in [7, 11) is 0. The normalized spacial score (nSPS) is 10.7. The first kappa shape index (κ1) is 15.6. The SMILES string of the molecule is CC(=O)c1csc(NC(=O)c2ccc(SC(F)F)cc2)n1. The van der Waals surface area contributed by atoms with Gasteiger partial charge in [0.25, 0.3) is 11.7 Å². The Kier molecular flexibility index (Phi) is 5.03. The first-order valence-corrected chi connectivity index (χ1v) is 7.54. The Hall–Kier alpha value is -1.80. The third kappa shape index (κ3) is 4.33. The molecule has 1 N–H and O–H groups in total. The number of amides is 1. The first-order chi connectivity index (χ1) is 9.95. The molecule has 0 aliphatic heterocycles. The summed E-state index contributed by atoms with van der Waals surface area (Å²) >= 11 is 1.56. The Balaban J connectivity index is 2.04. The molecule has 1 heterocycles. The van der Waals surface area contributed by atoms with E-state index in [-0.39, 0.29) is 5.78 Å². The number of Topliss-reactive ketones (excluding diaryl/α,β-unsaturated/α-hetero) is 1. The molecular formula is C13H10F2N2O2S2. The molecular weight excluding hydrogens is 318 g/mol. The van der Waals surface area contributed by atoms with Crippen molar-refractivity contribution in [3.05, 3.63) is 40.9 Å². The van der Waals surface area contributed by atoms with Crippen molar-refractivity contribution in [1.82, 2.24) is 4.98 Å². The number of carbonyl (C=O) groups excluding carboxylic acids is 2.